The van der Waals surface area contributed by atoms with Crippen molar-refractivity contribution in [3.8, 4) is 5.75 Å². The van der Waals surface area contributed by atoms with Gasteiger partial charge in [0.1, 0.15) is 5.75 Å². The molecule has 0 saturated carbocycles. The smallest absolute Gasteiger partial charge is 0.119 e. The standard InChI is InChI=1S/C15H23NO2/c1-11(2)18-9-8-16-15-7-5-12-4-6-13(17-3)10-14(12)15/h4,6,10-11,15-16H,5,7-9H2,1-3H3. The van der Waals surface area contributed by atoms with E-state index in [0.717, 1.165) is 25.3 Å². The van der Waals surface area contributed by atoms with Crippen LogP contribution in [0.2, 0.25) is 0 Å². The molecule has 0 aromatic heterocycles. The third-order valence-electron chi connectivity index (χ3n) is 3.37. The van der Waals surface area contributed by atoms with Crippen LogP contribution in [0.15, 0.2) is 18.2 Å². The lowest BCUT2D eigenvalue weighted by Gasteiger charge is -2.15. The maximum absolute atomic E-state index is 5.55. The summed E-state index contributed by atoms with van der Waals surface area (Å²) < 4.78 is 10.8. The zero-order valence-electron chi connectivity index (χ0n) is 11.5. The minimum atomic E-state index is 0.308. The Morgan fingerprint density at radius 3 is 2.94 bits per heavy atom. The molecule has 2 rings (SSSR count). The van der Waals surface area contributed by atoms with Gasteiger partial charge in [0.25, 0.3) is 0 Å². The quantitative estimate of drug-likeness (QED) is 0.786. The van der Waals surface area contributed by atoms with Crippen LogP contribution in [0.4, 0.5) is 0 Å². The van der Waals surface area contributed by atoms with Gasteiger partial charge < -0.3 is 14.8 Å². The van der Waals surface area contributed by atoms with Gasteiger partial charge in [0.05, 0.1) is 19.8 Å². The summed E-state index contributed by atoms with van der Waals surface area (Å²) in [5.41, 5.74) is 2.83. The van der Waals surface area contributed by atoms with E-state index in [4.69, 9.17) is 9.47 Å². The van der Waals surface area contributed by atoms with Gasteiger partial charge in [-0.1, -0.05) is 6.07 Å². The molecule has 1 aliphatic rings. The van der Waals surface area contributed by atoms with E-state index in [1.807, 2.05) is 6.07 Å². The minimum absolute atomic E-state index is 0.308. The lowest BCUT2D eigenvalue weighted by molar-refractivity contribution is 0.0793. The summed E-state index contributed by atoms with van der Waals surface area (Å²) in [7, 11) is 1.72. The number of fused-ring (bicyclic) bond motifs is 1. The Kier molecular flexibility index (Phi) is 4.61. The van der Waals surface area contributed by atoms with Crippen molar-refractivity contribution in [3.63, 3.8) is 0 Å². The van der Waals surface area contributed by atoms with Gasteiger partial charge in [-0.3, -0.25) is 0 Å². The zero-order valence-corrected chi connectivity index (χ0v) is 11.5. The molecule has 1 aromatic carbocycles. The summed E-state index contributed by atoms with van der Waals surface area (Å²) in [6.07, 6.45) is 2.63. The Hall–Kier alpha value is -1.06. The van der Waals surface area contributed by atoms with Crippen molar-refractivity contribution in [1.29, 1.82) is 0 Å². The average molecular weight is 249 g/mol. The predicted octanol–water partition coefficient (Wildman–Crippen LogP) is 2.70. The number of benzene rings is 1. The van der Waals surface area contributed by atoms with Crippen LogP contribution in [-0.4, -0.2) is 26.4 Å². The molecule has 1 atom stereocenters. The van der Waals surface area contributed by atoms with E-state index in [-0.39, 0.29) is 0 Å². The molecule has 0 aliphatic heterocycles. The van der Waals surface area contributed by atoms with Gasteiger partial charge in [-0.2, -0.15) is 0 Å². The van der Waals surface area contributed by atoms with Crippen molar-refractivity contribution in [3.05, 3.63) is 29.3 Å². The first-order valence-electron chi connectivity index (χ1n) is 6.72. The summed E-state index contributed by atoms with van der Waals surface area (Å²) in [6, 6.07) is 6.83. The van der Waals surface area contributed by atoms with Crippen LogP contribution < -0.4 is 10.1 Å². The summed E-state index contributed by atoms with van der Waals surface area (Å²) in [4.78, 5) is 0. The molecule has 0 saturated heterocycles. The van der Waals surface area contributed by atoms with Crippen LogP contribution in [0.3, 0.4) is 0 Å². The van der Waals surface area contributed by atoms with Crippen LogP contribution in [-0.2, 0) is 11.2 Å². The van der Waals surface area contributed by atoms with Gasteiger partial charge in [-0.25, -0.2) is 0 Å². The number of hydrogen-bond donors (Lipinski definition) is 1. The van der Waals surface area contributed by atoms with E-state index in [2.05, 4.69) is 31.3 Å². The molecule has 0 spiro atoms. The fraction of sp³-hybridized carbons (Fsp3) is 0.600. The number of ether oxygens (including phenoxy) is 2. The first kappa shape index (κ1) is 13.4. The number of aryl methyl sites for hydroxylation is 1. The molecule has 1 unspecified atom stereocenters. The van der Waals surface area contributed by atoms with Crippen molar-refractivity contribution in [2.45, 2.75) is 38.8 Å². The summed E-state index contributed by atoms with van der Waals surface area (Å²) in [5, 5.41) is 3.56. The van der Waals surface area contributed by atoms with Crippen LogP contribution >= 0.6 is 0 Å². The maximum Gasteiger partial charge on any atom is 0.119 e. The highest BCUT2D eigenvalue weighted by Crippen LogP contribution is 2.33. The van der Waals surface area contributed by atoms with Gasteiger partial charge in [0.15, 0.2) is 0 Å². The second-order valence-corrected chi connectivity index (χ2v) is 5.03. The first-order valence-corrected chi connectivity index (χ1v) is 6.72. The lowest BCUT2D eigenvalue weighted by Crippen LogP contribution is -2.24. The van der Waals surface area contributed by atoms with Gasteiger partial charge in [-0.15, -0.1) is 0 Å². The molecule has 3 nitrogen and oxygen atoms in total. The maximum atomic E-state index is 5.55. The molecule has 18 heavy (non-hydrogen) atoms. The Balaban J connectivity index is 1.90. The largest absolute Gasteiger partial charge is 0.497 e. The molecule has 1 aromatic rings. The highest BCUT2D eigenvalue weighted by molar-refractivity contribution is 5.40. The molecule has 3 heteroatoms. The van der Waals surface area contributed by atoms with Crippen LogP contribution in [0.1, 0.15) is 37.4 Å². The molecule has 0 radical (unpaired) electrons. The molecule has 1 aliphatic carbocycles. The van der Waals surface area contributed by atoms with Crippen molar-refractivity contribution in [2.75, 3.05) is 20.3 Å². The van der Waals surface area contributed by atoms with E-state index in [1.165, 1.54) is 17.5 Å². The van der Waals surface area contributed by atoms with E-state index in [1.54, 1.807) is 7.11 Å². The molecule has 0 fully saturated rings. The summed E-state index contributed by atoms with van der Waals surface area (Å²) in [5.74, 6) is 0.945. The summed E-state index contributed by atoms with van der Waals surface area (Å²) in [6.45, 7) is 5.80. The Bertz CT molecular complexity index is 390. The lowest BCUT2D eigenvalue weighted by atomic mass is 10.1. The van der Waals surface area contributed by atoms with Crippen molar-refractivity contribution < 1.29 is 9.47 Å². The van der Waals surface area contributed by atoms with Crippen LogP contribution in [0, 0.1) is 0 Å². The third kappa shape index (κ3) is 3.24. The van der Waals surface area contributed by atoms with E-state index in [9.17, 15) is 0 Å². The Morgan fingerprint density at radius 1 is 1.39 bits per heavy atom. The van der Waals surface area contributed by atoms with Crippen molar-refractivity contribution in [2.24, 2.45) is 0 Å². The highest BCUT2D eigenvalue weighted by atomic mass is 16.5. The normalized spacial score (nSPS) is 18.1. The van der Waals surface area contributed by atoms with E-state index in [0.29, 0.717) is 12.1 Å². The summed E-state index contributed by atoms with van der Waals surface area (Å²) >= 11 is 0. The number of hydrogen-bond acceptors (Lipinski definition) is 3. The fourth-order valence-corrected chi connectivity index (χ4v) is 2.45. The van der Waals surface area contributed by atoms with Crippen LogP contribution in [0.25, 0.3) is 0 Å². The second-order valence-electron chi connectivity index (χ2n) is 5.03. The van der Waals surface area contributed by atoms with Gasteiger partial charge >= 0.3 is 0 Å². The number of rotatable bonds is 6. The number of nitrogens with one attached hydrogen (secondary N) is 1. The predicted molar refractivity (Wildman–Crippen MR) is 73.1 cm³/mol. The number of methoxy groups -OCH3 is 1. The van der Waals surface area contributed by atoms with E-state index < -0.39 is 0 Å². The van der Waals surface area contributed by atoms with Crippen molar-refractivity contribution >= 4 is 0 Å². The Labute approximate surface area is 109 Å². The zero-order chi connectivity index (χ0) is 13.0. The third-order valence-corrected chi connectivity index (χ3v) is 3.37. The fourth-order valence-electron chi connectivity index (χ4n) is 2.45. The first-order chi connectivity index (χ1) is 8.70. The molecular weight excluding hydrogens is 226 g/mol. The Morgan fingerprint density at radius 2 is 2.22 bits per heavy atom. The van der Waals surface area contributed by atoms with E-state index >= 15 is 0 Å². The molecule has 100 valence electrons. The SMILES string of the molecule is COc1ccc2c(c1)C(NCCOC(C)C)CC2. The minimum Gasteiger partial charge on any atom is -0.497 e. The average Bonchev–Trinajstić information content (AvgIpc) is 2.76. The van der Waals surface area contributed by atoms with Gasteiger partial charge in [-0.05, 0) is 49.9 Å². The van der Waals surface area contributed by atoms with Gasteiger partial charge in [0, 0.05) is 12.6 Å². The molecule has 0 heterocycles. The van der Waals surface area contributed by atoms with Crippen LogP contribution in [0.5, 0.6) is 5.75 Å². The molecule has 0 bridgehead atoms. The topological polar surface area (TPSA) is 30.5 Å². The van der Waals surface area contributed by atoms with Gasteiger partial charge in [0.2, 0.25) is 0 Å². The second kappa shape index (κ2) is 6.21. The molecule has 1 N–H and O–H groups in total. The highest BCUT2D eigenvalue weighted by Gasteiger charge is 2.22. The van der Waals surface area contributed by atoms with Crippen molar-refractivity contribution in [1.82, 2.24) is 5.32 Å². The molecular formula is C15H23NO2. The monoisotopic (exact) mass is 249 g/mol. The molecule has 0 amide bonds.